The van der Waals surface area contributed by atoms with Gasteiger partial charge >= 0.3 is 5.97 Å². The van der Waals surface area contributed by atoms with Gasteiger partial charge in [-0.25, -0.2) is 4.79 Å². The second kappa shape index (κ2) is 9.57. The van der Waals surface area contributed by atoms with Gasteiger partial charge in [0.25, 0.3) is 0 Å². The number of carboxylic acids is 1. The highest BCUT2D eigenvalue weighted by Crippen LogP contribution is 2.15. The molecule has 0 amide bonds. The van der Waals surface area contributed by atoms with Gasteiger partial charge in [-0.05, 0) is 42.2 Å². The van der Waals surface area contributed by atoms with Crippen LogP contribution in [0, 0.1) is 0 Å². The number of rotatable bonds is 10. The van der Waals surface area contributed by atoms with E-state index in [4.69, 9.17) is 5.11 Å². The van der Waals surface area contributed by atoms with Crippen LogP contribution in [-0.2, 0) is 13.1 Å². The number of nitrogens with zero attached hydrogens (tertiary/aromatic N) is 2. The van der Waals surface area contributed by atoms with Crippen LogP contribution in [0.15, 0.2) is 41.8 Å². The van der Waals surface area contributed by atoms with E-state index in [2.05, 4.69) is 41.2 Å². The predicted molar refractivity (Wildman–Crippen MR) is 99.6 cm³/mol. The van der Waals surface area contributed by atoms with Crippen LogP contribution in [0.5, 0.6) is 0 Å². The second-order valence-electron chi connectivity index (χ2n) is 5.82. The van der Waals surface area contributed by atoms with Gasteiger partial charge in [0.1, 0.15) is 0 Å². The Morgan fingerprint density at radius 1 is 1.00 bits per heavy atom. The van der Waals surface area contributed by atoms with Crippen molar-refractivity contribution in [2.24, 2.45) is 0 Å². The summed E-state index contributed by atoms with van der Waals surface area (Å²) < 4.78 is 0. The minimum absolute atomic E-state index is 0.340. The standard InChI is InChI=1S/C19H26N2O2S/c1-3-20(4-2)11-12-21(15-18-6-5-13-24-18)14-16-7-9-17(10-8-16)19(22)23/h5-10,13H,3-4,11-12,14-15H2,1-2H3,(H,22,23). The van der Waals surface area contributed by atoms with Crippen LogP contribution in [0.2, 0.25) is 0 Å². The van der Waals surface area contributed by atoms with Crippen molar-refractivity contribution in [3.63, 3.8) is 0 Å². The summed E-state index contributed by atoms with van der Waals surface area (Å²) in [6, 6.07) is 11.5. The topological polar surface area (TPSA) is 43.8 Å². The first-order valence-electron chi connectivity index (χ1n) is 8.41. The van der Waals surface area contributed by atoms with Gasteiger partial charge in [-0.1, -0.05) is 32.0 Å². The van der Waals surface area contributed by atoms with Crippen LogP contribution in [0.4, 0.5) is 0 Å². The molecule has 2 rings (SSSR count). The summed E-state index contributed by atoms with van der Waals surface area (Å²) >= 11 is 1.78. The summed E-state index contributed by atoms with van der Waals surface area (Å²) in [5.41, 5.74) is 1.49. The lowest BCUT2D eigenvalue weighted by molar-refractivity contribution is 0.0697. The van der Waals surface area contributed by atoms with E-state index in [-0.39, 0.29) is 0 Å². The summed E-state index contributed by atoms with van der Waals surface area (Å²) in [6.07, 6.45) is 0. The number of carbonyl (C=O) groups is 1. The highest BCUT2D eigenvalue weighted by atomic mass is 32.1. The molecule has 1 aromatic heterocycles. The largest absolute Gasteiger partial charge is 0.478 e. The first kappa shape index (κ1) is 18.6. The van der Waals surface area contributed by atoms with Gasteiger partial charge in [-0.2, -0.15) is 0 Å². The zero-order valence-electron chi connectivity index (χ0n) is 14.4. The summed E-state index contributed by atoms with van der Waals surface area (Å²) in [5, 5.41) is 11.1. The molecular weight excluding hydrogens is 320 g/mol. The molecule has 0 bridgehead atoms. The summed E-state index contributed by atoms with van der Waals surface area (Å²) in [4.78, 5) is 17.2. The first-order chi connectivity index (χ1) is 11.6. The Labute approximate surface area is 148 Å². The SMILES string of the molecule is CCN(CC)CCN(Cc1ccc(C(=O)O)cc1)Cc1cccs1. The summed E-state index contributed by atoms with van der Waals surface area (Å²) in [7, 11) is 0. The molecule has 0 radical (unpaired) electrons. The van der Waals surface area contributed by atoms with E-state index in [1.54, 1.807) is 23.5 Å². The van der Waals surface area contributed by atoms with Crippen LogP contribution in [0.25, 0.3) is 0 Å². The average molecular weight is 346 g/mol. The van der Waals surface area contributed by atoms with Gasteiger partial charge in [-0.3, -0.25) is 4.90 Å². The molecule has 0 saturated carbocycles. The van der Waals surface area contributed by atoms with E-state index in [0.717, 1.165) is 44.8 Å². The molecule has 130 valence electrons. The molecule has 5 heteroatoms. The van der Waals surface area contributed by atoms with E-state index >= 15 is 0 Å². The van der Waals surface area contributed by atoms with E-state index in [1.165, 1.54) is 4.88 Å². The van der Waals surface area contributed by atoms with E-state index in [9.17, 15) is 4.79 Å². The highest BCUT2D eigenvalue weighted by Gasteiger charge is 2.11. The molecule has 24 heavy (non-hydrogen) atoms. The monoisotopic (exact) mass is 346 g/mol. The smallest absolute Gasteiger partial charge is 0.335 e. The zero-order chi connectivity index (χ0) is 17.4. The average Bonchev–Trinajstić information content (AvgIpc) is 3.09. The number of thiophene rings is 1. The molecule has 0 fully saturated rings. The fraction of sp³-hybridized carbons (Fsp3) is 0.421. The summed E-state index contributed by atoms with van der Waals surface area (Å²) in [6.45, 7) is 10.3. The van der Waals surface area contributed by atoms with Gasteiger partial charge < -0.3 is 10.0 Å². The molecule has 0 aliphatic carbocycles. The van der Waals surface area contributed by atoms with Crippen molar-refractivity contribution in [1.29, 1.82) is 0 Å². The van der Waals surface area contributed by atoms with Crippen LogP contribution in [0.1, 0.15) is 34.6 Å². The van der Waals surface area contributed by atoms with Gasteiger partial charge in [0.2, 0.25) is 0 Å². The van der Waals surface area contributed by atoms with E-state index in [1.807, 2.05) is 12.1 Å². The molecule has 4 nitrogen and oxygen atoms in total. The second-order valence-corrected chi connectivity index (χ2v) is 6.85. The van der Waals surface area contributed by atoms with E-state index < -0.39 is 5.97 Å². The molecule has 0 spiro atoms. The normalized spacial score (nSPS) is 11.3. The molecule has 1 aromatic carbocycles. The molecule has 0 atom stereocenters. The number of benzene rings is 1. The minimum atomic E-state index is -0.876. The highest BCUT2D eigenvalue weighted by molar-refractivity contribution is 7.09. The Hall–Kier alpha value is -1.69. The molecule has 0 aliphatic rings. The lowest BCUT2D eigenvalue weighted by Gasteiger charge is -2.26. The van der Waals surface area contributed by atoms with Crippen molar-refractivity contribution in [2.75, 3.05) is 26.2 Å². The van der Waals surface area contributed by atoms with Crippen LogP contribution in [0.3, 0.4) is 0 Å². The maximum Gasteiger partial charge on any atom is 0.335 e. The molecule has 1 heterocycles. The van der Waals surface area contributed by atoms with Gasteiger partial charge in [0.05, 0.1) is 5.56 Å². The molecule has 2 aromatic rings. The Kier molecular flexibility index (Phi) is 7.43. The van der Waals surface area contributed by atoms with E-state index in [0.29, 0.717) is 5.56 Å². The van der Waals surface area contributed by atoms with Gasteiger partial charge in [-0.15, -0.1) is 11.3 Å². The maximum absolute atomic E-state index is 11.0. The van der Waals surface area contributed by atoms with Crippen LogP contribution >= 0.6 is 11.3 Å². The lowest BCUT2D eigenvalue weighted by Crippen LogP contribution is -2.34. The van der Waals surface area contributed by atoms with Crippen molar-refractivity contribution in [1.82, 2.24) is 9.80 Å². The third-order valence-corrected chi connectivity index (χ3v) is 5.05. The Balaban J connectivity index is 2.02. The molecular formula is C19H26N2O2S. The minimum Gasteiger partial charge on any atom is -0.478 e. The quantitative estimate of drug-likeness (QED) is 0.711. The Morgan fingerprint density at radius 2 is 1.67 bits per heavy atom. The lowest BCUT2D eigenvalue weighted by atomic mass is 10.1. The fourth-order valence-electron chi connectivity index (χ4n) is 2.67. The van der Waals surface area contributed by atoms with Crippen LogP contribution < -0.4 is 0 Å². The summed E-state index contributed by atoms with van der Waals surface area (Å²) in [5.74, 6) is -0.876. The third-order valence-electron chi connectivity index (χ3n) is 4.19. The third kappa shape index (κ3) is 5.74. The maximum atomic E-state index is 11.0. The Bertz CT molecular complexity index is 607. The molecule has 1 N–H and O–H groups in total. The van der Waals surface area contributed by atoms with Gasteiger partial charge in [0.15, 0.2) is 0 Å². The number of hydrogen-bond donors (Lipinski definition) is 1. The van der Waals surface area contributed by atoms with Crippen molar-refractivity contribution < 1.29 is 9.90 Å². The zero-order valence-corrected chi connectivity index (χ0v) is 15.3. The van der Waals surface area contributed by atoms with Crippen molar-refractivity contribution >= 4 is 17.3 Å². The van der Waals surface area contributed by atoms with Crippen LogP contribution in [-0.4, -0.2) is 47.1 Å². The van der Waals surface area contributed by atoms with Crippen molar-refractivity contribution in [3.05, 3.63) is 57.8 Å². The number of hydrogen-bond acceptors (Lipinski definition) is 4. The number of aromatic carboxylic acids is 1. The first-order valence-corrected chi connectivity index (χ1v) is 9.29. The molecule has 0 aliphatic heterocycles. The molecule has 0 unspecified atom stereocenters. The van der Waals surface area contributed by atoms with Crippen molar-refractivity contribution in [3.8, 4) is 0 Å². The molecule has 0 saturated heterocycles. The van der Waals surface area contributed by atoms with Gasteiger partial charge in [0, 0.05) is 31.1 Å². The number of carboxylic acid groups (broad SMARTS) is 1. The fourth-order valence-corrected chi connectivity index (χ4v) is 3.42. The van der Waals surface area contributed by atoms with Crippen molar-refractivity contribution in [2.45, 2.75) is 26.9 Å². The predicted octanol–water partition coefficient (Wildman–Crippen LogP) is 3.79. The Morgan fingerprint density at radius 3 is 2.21 bits per heavy atom. The number of likely N-dealkylation sites (N-methyl/N-ethyl adjacent to an activating group) is 1.